The Balaban J connectivity index is 0.832. The third-order valence-electron chi connectivity index (χ3n) is 12.1. The molecule has 1 saturated heterocycles. The third-order valence-corrected chi connectivity index (χ3v) is 15.6. The van der Waals surface area contributed by atoms with Crippen LogP contribution in [-0.2, 0) is 30.3 Å². The number of likely N-dealkylation sites (tertiary alicyclic amines) is 1. The highest BCUT2D eigenvalue weighted by Gasteiger charge is 2.44. The largest absolute Gasteiger partial charge is 0.391 e. The Bertz CT molecular complexity index is 2600. The van der Waals surface area contributed by atoms with Crippen molar-refractivity contribution in [2.24, 2.45) is 10.4 Å². The first-order valence-electron chi connectivity index (χ1n) is 22.6. The van der Waals surface area contributed by atoms with E-state index in [4.69, 9.17) is 21.3 Å². The summed E-state index contributed by atoms with van der Waals surface area (Å²) in [4.78, 5) is 67.3. The summed E-state index contributed by atoms with van der Waals surface area (Å²) in [7, 11) is 0. The highest BCUT2D eigenvalue weighted by atomic mass is 35.5. The van der Waals surface area contributed by atoms with E-state index in [2.05, 4.69) is 39.7 Å². The summed E-state index contributed by atoms with van der Waals surface area (Å²) in [6.45, 7) is 14.3. The van der Waals surface area contributed by atoms with E-state index in [1.54, 1.807) is 34.4 Å². The molecule has 67 heavy (non-hydrogen) atoms. The number of ether oxygens (including phenoxy) is 1. The number of β-amino-alcohol motifs (C(OH)–C–C–N with tert-alkyl or cyclic N) is 1. The zero-order valence-corrected chi connectivity index (χ0v) is 42.3. The number of hydrogen-bond donors (Lipinski definition) is 3. The molecule has 2 aromatic carbocycles. The lowest BCUT2D eigenvalue weighted by Crippen LogP contribution is -2.57. The minimum atomic E-state index is -0.929. The number of nitrogens with one attached hydrogen (secondary N) is 2. The van der Waals surface area contributed by atoms with Gasteiger partial charge in [0.15, 0.2) is 11.6 Å². The molecule has 14 nitrogen and oxygen atoms in total. The number of thiophene rings is 1. The fourth-order valence-corrected chi connectivity index (χ4v) is 11.3. The van der Waals surface area contributed by atoms with Gasteiger partial charge in [0.1, 0.15) is 29.5 Å². The molecule has 2 unspecified atom stereocenters. The molecule has 2 aliphatic rings. The van der Waals surface area contributed by atoms with E-state index in [0.29, 0.717) is 42.6 Å². The van der Waals surface area contributed by atoms with Crippen molar-refractivity contribution in [3.05, 3.63) is 104 Å². The van der Waals surface area contributed by atoms with E-state index in [9.17, 15) is 24.3 Å². The van der Waals surface area contributed by atoms with Crippen molar-refractivity contribution >= 4 is 75.3 Å². The first kappa shape index (κ1) is 50.1. The predicted molar refractivity (Wildman–Crippen MR) is 267 cm³/mol. The molecule has 0 aliphatic carbocycles. The SMILES string of the molecule is Cc1ncsc1-c1ccc(CCC(=O)[C@@H]2CC(O)CN2C(=O)[C@@H](NC(=O)COCCCSCCNC(=O)CC2N=C(c3ccc(Cl)cc3)c3c(sc(C)c3C)-n3c(C)nnc32)C(C)(C)C)cc1. The maximum atomic E-state index is 14.0. The predicted octanol–water partition coefficient (Wildman–Crippen LogP) is 7.57. The molecule has 3 N–H and O–H groups in total. The number of halogens is 1. The number of aliphatic hydroxyl groups is 1. The lowest BCUT2D eigenvalue weighted by Gasteiger charge is -2.35. The van der Waals surface area contributed by atoms with Crippen LogP contribution in [0.5, 0.6) is 0 Å². The number of carbonyl (C=O) groups excluding carboxylic acids is 4. The summed E-state index contributed by atoms with van der Waals surface area (Å²) < 4.78 is 7.73. The van der Waals surface area contributed by atoms with Crippen molar-refractivity contribution in [1.82, 2.24) is 35.3 Å². The molecule has 356 valence electrons. The first-order valence-corrected chi connectivity index (χ1v) is 25.8. The molecule has 4 atom stereocenters. The van der Waals surface area contributed by atoms with Gasteiger partial charge in [-0.25, -0.2) is 4.98 Å². The van der Waals surface area contributed by atoms with Crippen LogP contribution in [0.3, 0.4) is 0 Å². The number of amides is 3. The van der Waals surface area contributed by atoms with Crippen LogP contribution in [0.15, 0.2) is 59.0 Å². The standard InChI is InChI=1S/C49H59ClN8O6S3/c1-28-30(3)67-48-42(28)43(33-14-16-35(50)17-15-33)53-37(46-56-55-31(4)58(46)48)24-40(61)51-19-22-65-21-8-20-64-26-41(62)54-45(49(5,6)7)47(63)57-25-36(59)23-38(57)39(60)18-11-32-9-12-34(13-10-32)44-29(2)52-27-66-44/h9-10,12-17,27,36-38,45,59H,8,11,18-26H2,1-7H3,(H,51,61)(H,54,62)/t36?,37?,38-,45+/m0/s1. The Morgan fingerprint density at radius 3 is 2.42 bits per heavy atom. The zero-order valence-electron chi connectivity index (χ0n) is 39.1. The molecular formula is C49H59ClN8O6S3. The summed E-state index contributed by atoms with van der Waals surface area (Å²) in [6.07, 6.45) is 0.847. The van der Waals surface area contributed by atoms with Crippen molar-refractivity contribution in [2.75, 3.05) is 37.8 Å². The molecule has 0 saturated carbocycles. The average molecular weight is 988 g/mol. The van der Waals surface area contributed by atoms with Crippen molar-refractivity contribution in [3.8, 4) is 15.4 Å². The highest BCUT2D eigenvalue weighted by Crippen LogP contribution is 2.40. The van der Waals surface area contributed by atoms with Gasteiger partial charge in [-0.15, -0.1) is 32.9 Å². The second-order valence-corrected chi connectivity index (χ2v) is 21.9. The minimum absolute atomic E-state index is 0.0270. The molecule has 3 amide bonds. The molecule has 2 aliphatic heterocycles. The highest BCUT2D eigenvalue weighted by molar-refractivity contribution is 7.99. The fraction of sp³-hybridized carbons (Fsp3) is 0.469. The monoisotopic (exact) mass is 986 g/mol. The van der Waals surface area contributed by atoms with Crippen LogP contribution in [0.4, 0.5) is 0 Å². The first-order chi connectivity index (χ1) is 32.0. The van der Waals surface area contributed by atoms with Crippen LogP contribution >= 0.6 is 46.0 Å². The molecule has 5 heterocycles. The lowest BCUT2D eigenvalue weighted by molar-refractivity contribution is -0.144. The van der Waals surface area contributed by atoms with Crippen LogP contribution in [-0.4, -0.2) is 115 Å². The Morgan fingerprint density at radius 2 is 1.72 bits per heavy atom. The lowest BCUT2D eigenvalue weighted by atomic mass is 9.85. The maximum Gasteiger partial charge on any atom is 0.246 e. The summed E-state index contributed by atoms with van der Waals surface area (Å²) in [5.41, 5.74) is 8.06. The summed E-state index contributed by atoms with van der Waals surface area (Å²) in [6, 6.07) is 13.4. The number of aliphatic imine (C=N–C) groups is 1. The van der Waals surface area contributed by atoms with E-state index < -0.39 is 41.5 Å². The van der Waals surface area contributed by atoms with Gasteiger partial charge in [-0.1, -0.05) is 68.8 Å². The fourth-order valence-electron chi connectivity index (χ4n) is 8.39. The molecular weight excluding hydrogens is 928 g/mol. The number of ketones is 1. The van der Waals surface area contributed by atoms with Crippen LogP contribution in [0.1, 0.15) is 97.0 Å². The average Bonchev–Trinajstić information content (AvgIpc) is 4.06. The number of aliphatic hydroxyl groups excluding tert-OH is 1. The summed E-state index contributed by atoms with van der Waals surface area (Å²) in [5.74, 6) is 1.72. The van der Waals surface area contributed by atoms with Crippen LogP contribution < -0.4 is 10.6 Å². The van der Waals surface area contributed by atoms with E-state index in [-0.39, 0.29) is 44.1 Å². The maximum absolute atomic E-state index is 14.0. The van der Waals surface area contributed by atoms with Crippen LogP contribution in [0.25, 0.3) is 15.4 Å². The number of aryl methyl sites for hydroxylation is 4. The van der Waals surface area contributed by atoms with E-state index in [1.807, 2.05) is 93.2 Å². The van der Waals surface area contributed by atoms with Crippen molar-refractivity contribution in [3.63, 3.8) is 0 Å². The Hall–Kier alpha value is -4.78. The van der Waals surface area contributed by atoms with E-state index in [0.717, 1.165) is 60.7 Å². The number of fused-ring (bicyclic) bond motifs is 3. The van der Waals surface area contributed by atoms with Crippen LogP contribution in [0.2, 0.25) is 5.02 Å². The van der Waals surface area contributed by atoms with Crippen molar-refractivity contribution < 1.29 is 29.0 Å². The molecule has 18 heteroatoms. The molecule has 7 rings (SSSR count). The molecule has 0 bridgehead atoms. The molecule has 1 fully saturated rings. The number of Topliss-reactive ketones (excluding diaryl/α,β-unsaturated/α-hetero) is 1. The smallest absolute Gasteiger partial charge is 0.246 e. The summed E-state index contributed by atoms with van der Waals surface area (Å²) >= 11 is 11.2. The van der Waals surface area contributed by atoms with Gasteiger partial charge in [0.05, 0.1) is 40.4 Å². The number of carbonyl (C=O) groups is 4. The second-order valence-electron chi connectivity index (χ2n) is 18.2. The number of thioether (sulfide) groups is 1. The Morgan fingerprint density at radius 1 is 0.985 bits per heavy atom. The third kappa shape index (κ3) is 12.1. The van der Waals surface area contributed by atoms with Crippen LogP contribution in [0, 0.1) is 33.1 Å². The number of nitrogens with zero attached hydrogens (tertiary/aromatic N) is 6. The van der Waals surface area contributed by atoms with Gasteiger partial charge in [0, 0.05) is 59.3 Å². The molecule has 5 aromatic rings. The number of aromatic nitrogens is 4. The number of benzene rings is 2. The summed E-state index contributed by atoms with van der Waals surface area (Å²) in [5, 5.41) is 27.0. The van der Waals surface area contributed by atoms with Gasteiger partial charge in [0.25, 0.3) is 0 Å². The zero-order chi connectivity index (χ0) is 48.0. The minimum Gasteiger partial charge on any atom is -0.391 e. The normalized spacial score (nSPS) is 17.4. The van der Waals surface area contributed by atoms with Gasteiger partial charge in [-0.2, -0.15) is 11.8 Å². The molecule has 3 aromatic heterocycles. The molecule has 0 spiro atoms. The van der Waals surface area contributed by atoms with Crippen molar-refractivity contribution in [1.29, 1.82) is 0 Å². The molecule has 0 radical (unpaired) electrons. The number of thiazole rings is 1. The van der Waals surface area contributed by atoms with Gasteiger partial charge < -0.3 is 25.4 Å². The topological polar surface area (TPSA) is 181 Å². The number of hydrogen-bond acceptors (Lipinski definition) is 13. The van der Waals surface area contributed by atoms with Crippen molar-refractivity contribution in [2.45, 2.75) is 105 Å². The Labute approximate surface area is 409 Å². The number of rotatable bonds is 19. The van der Waals surface area contributed by atoms with Gasteiger partial charge in [-0.3, -0.25) is 28.7 Å². The van der Waals surface area contributed by atoms with E-state index >= 15 is 0 Å². The quantitative estimate of drug-likeness (QED) is 0.0699. The van der Waals surface area contributed by atoms with Gasteiger partial charge >= 0.3 is 0 Å². The second kappa shape index (κ2) is 22.1. The van der Waals surface area contributed by atoms with E-state index in [1.165, 1.54) is 9.78 Å². The van der Waals surface area contributed by atoms with Gasteiger partial charge in [-0.05, 0) is 80.5 Å². The van der Waals surface area contributed by atoms with Gasteiger partial charge in [0.2, 0.25) is 17.7 Å². The Kier molecular flexibility index (Phi) is 16.5.